The van der Waals surface area contributed by atoms with E-state index in [-0.39, 0.29) is 17.1 Å². The molecule has 2 N–H and O–H groups in total. The summed E-state index contributed by atoms with van der Waals surface area (Å²) < 4.78 is 34.0. The third kappa shape index (κ3) is 15.8. The van der Waals surface area contributed by atoms with Crippen molar-refractivity contribution in [2.75, 3.05) is 14.1 Å². The average molecular weight is 640 g/mol. The summed E-state index contributed by atoms with van der Waals surface area (Å²) in [6.45, 7) is 7.03. The number of aryl methyl sites for hydroxylation is 2. The van der Waals surface area contributed by atoms with Gasteiger partial charge in [-0.15, -0.1) is 10.2 Å². The van der Waals surface area contributed by atoms with E-state index in [1.165, 1.54) is 0 Å². The Bertz CT molecular complexity index is 1230. The smallest absolute Gasteiger partial charge is 0.120 e. The summed E-state index contributed by atoms with van der Waals surface area (Å²) in [5, 5.41) is 19.6. The van der Waals surface area contributed by atoms with Gasteiger partial charge in [-0.2, -0.15) is 0 Å². The Morgan fingerprint density at radius 3 is 1.29 bits per heavy atom. The molecule has 4 rings (SSSR count). The largest absolute Gasteiger partial charge is 0.508 e. The third-order valence-electron chi connectivity index (χ3n) is 5.67. The molecule has 10 nitrogen and oxygen atoms in total. The minimum absolute atomic E-state index is 0. The van der Waals surface area contributed by atoms with E-state index in [0.717, 1.165) is 46.7 Å². The summed E-state index contributed by atoms with van der Waals surface area (Å²) in [5.41, 5.74) is 6.30. The van der Waals surface area contributed by atoms with Crippen LogP contribution in [0.15, 0.2) is 85.2 Å². The fourth-order valence-electron chi connectivity index (χ4n) is 3.91. The minimum atomic E-state index is -4.94. The number of halogens is 1. The molecule has 0 aliphatic heterocycles. The van der Waals surface area contributed by atoms with Gasteiger partial charge < -0.3 is 10.2 Å². The van der Waals surface area contributed by atoms with Crippen molar-refractivity contribution in [1.29, 1.82) is 0 Å². The number of phenolic OH excluding ortho intramolecular Hbond substituents is 2. The van der Waals surface area contributed by atoms with Crippen molar-refractivity contribution in [3.8, 4) is 11.5 Å². The summed E-state index contributed by atoms with van der Waals surface area (Å²) in [6.07, 6.45) is 3.60. The van der Waals surface area contributed by atoms with E-state index in [0.29, 0.717) is 24.6 Å². The predicted molar refractivity (Wildman–Crippen MR) is 145 cm³/mol. The Hall–Kier alpha value is -3.09. The number of pyridine rings is 2. The van der Waals surface area contributed by atoms with Gasteiger partial charge in [-0.05, 0) is 64.3 Å². The van der Waals surface area contributed by atoms with Gasteiger partial charge >= 0.3 is 0 Å². The molecule has 0 atom stereocenters. The summed E-state index contributed by atoms with van der Waals surface area (Å²) in [7, 11) is -0.896. The quantitative estimate of drug-likeness (QED) is 0.262. The Morgan fingerprint density at radius 2 is 0.976 bits per heavy atom. The molecule has 0 saturated carbocycles. The summed E-state index contributed by atoms with van der Waals surface area (Å²) >= 11 is 0. The zero-order chi connectivity index (χ0) is 30.4. The second-order valence-corrected chi connectivity index (χ2v) is 10.4. The van der Waals surface area contributed by atoms with Crippen LogP contribution in [0.2, 0.25) is 0 Å². The molecule has 0 saturated heterocycles. The maximum atomic E-state index is 9.81. The number of aromatic nitrogens is 2. The molecule has 2 heterocycles. The number of hydrogen-bond acceptors (Lipinski definition) is 10. The number of phenols is 2. The summed E-state index contributed by atoms with van der Waals surface area (Å²) in [6, 6.07) is 23.2. The second-order valence-electron chi connectivity index (χ2n) is 9.63. The van der Waals surface area contributed by atoms with E-state index in [4.69, 9.17) is 18.6 Å². The fourth-order valence-corrected chi connectivity index (χ4v) is 3.91. The van der Waals surface area contributed by atoms with Gasteiger partial charge in [0.15, 0.2) is 0 Å². The molecule has 0 aliphatic carbocycles. The number of rotatable bonds is 8. The zero-order valence-electron chi connectivity index (χ0n) is 24.0. The van der Waals surface area contributed by atoms with Crippen molar-refractivity contribution in [1.82, 2.24) is 19.8 Å². The van der Waals surface area contributed by atoms with Crippen molar-refractivity contribution in [3.05, 3.63) is 119 Å². The van der Waals surface area contributed by atoms with Gasteiger partial charge in [-0.1, -0.05) is 47.5 Å². The average Bonchev–Trinajstić information content (AvgIpc) is 2.89. The van der Waals surface area contributed by atoms with Crippen molar-refractivity contribution in [2.45, 2.75) is 40.0 Å². The summed E-state index contributed by atoms with van der Waals surface area (Å²) in [4.78, 5) is 12.9. The topological polar surface area (TPSA) is 165 Å². The first kappa shape index (κ1) is 36.9. The first-order valence-electron chi connectivity index (χ1n) is 12.7. The van der Waals surface area contributed by atoms with Crippen LogP contribution in [0.1, 0.15) is 33.6 Å². The number of benzene rings is 2. The second kappa shape index (κ2) is 18.4. The van der Waals surface area contributed by atoms with Gasteiger partial charge in [0.05, 0.1) is 11.4 Å². The number of nitrogens with zero attached hydrogens (tertiary/aromatic N) is 4. The molecule has 0 unspecified atom stereocenters. The Balaban J connectivity index is 0.000000355. The van der Waals surface area contributed by atoms with Crippen LogP contribution in [0.5, 0.6) is 11.5 Å². The van der Waals surface area contributed by atoms with Crippen molar-refractivity contribution >= 4 is 0 Å². The molecule has 0 fully saturated rings. The van der Waals surface area contributed by atoms with E-state index in [2.05, 4.69) is 19.8 Å². The molecule has 4 aromatic rings. The Morgan fingerprint density at radius 1 is 0.619 bits per heavy atom. The van der Waals surface area contributed by atoms with Gasteiger partial charge in [0.25, 0.3) is 0 Å². The molecule has 0 aliphatic rings. The molecular weight excluding hydrogens is 604 g/mol. The monoisotopic (exact) mass is 639 g/mol. The van der Waals surface area contributed by atoms with Gasteiger partial charge in [0.2, 0.25) is 0 Å². The van der Waals surface area contributed by atoms with Gasteiger partial charge in [-0.25, -0.2) is 18.6 Å². The fraction of sp³-hybridized carbons (Fsp3) is 0.267. The maximum absolute atomic E-state index is 9.81. The molecule has 228 valence electrons. The first-order valence-corrected chi connectivity index (χ1v) is 13.9. The summed E-state index contributed by atoms with van der Waals surface area (Å²) in [5.74, 6) is 0.710. The van der Waals surface area contributed by atoms with Crippen LogP contribution in [0.3, 0.4) is 0 Å². The van der Waals surface area contributed by atoms with Crippen LogP contribution in [-0.4, -0.2) is 44.1 Å². The van der Waals surface area contributed by atoms with Crippen LogP contribution in [0.4, 0.5) is 0 Å². The first-order chi connectivity index (χ1) is 19.3. The molecular formula is C30H36ClFeN4O6-. The number of hydrogen-bond donors (Lipinski definition) is 2. The zero-order valence-corrected chi connectivity index (χ0v) is 25.8. The van der Waals surface area contributed by atoms with Crippen LogP contribution >= 0.6 is 0 Å². The van der Waals surface area contributed by atoms with Crippen LogP contribution in [-0.2, 0) is 43.2 Å². The van der Waals surface area contributed by atoms with Crippen molar-refractivity contribution in [3.63, 3.8) is 0 Å². The van der Waals surface area contributed by atoms with E-state index in [1.54, 1.807) is 24.5 Å². The molecule has 42 heavy (non-hydrogen) atoms. The number of aromatic hydroxyl groups is 2. The van der Waals surface area contributed by atoms with E-state index in [1.807, 2.05) is 88.6 Å². The van der Waals surface area contributed by atoms with E-state index >= 15 is 0 Å². The molecule has 0 bridgehead atoms. The Labute approximate surface area is 259 Å². The molecule has 2 aromatic carbocycles. The third-order valence-corrected chi connectivity index (χ3v) is 5.67. The Kier molecular flexibility index (Phi) is 16.2. The standard InChI is InChI=1S/2C15H18N2O.ClHO4.Fe/c2*1-12-6-7-15(18)13(9-12)10-17(2)11-14-5-3-4-8-16-14;2-1(3,4)5;/h2*3-9,18H,10-11H2,1-2H3;(H,2,3,4,5);/p-1. The molecule has 0 spiro atoms. The maximum Gasteiger partial charge on any atom is 0.120 e. The van der Waals surface area contributed by atoms with Crippen molar-refractivity contribution in [2.24, 2.45) is 0 Å². The molecule has 0 radical (unpaired) electrons. The van der Waals surface area contributed by atoms with Gasteiger partial charge in [0.1, 0.15) is 11.5 Å². The molecule has 12 heteroatoms. The molecule has 2 aromatic heterocycles. The van der Waals surface area contributed by atoms with Gasteiger partial charge in [0, 0.05) is 66.8 Å². The van der Waals surface area contributed by atoms with Crippen LogP contribution < -0.4 is 18.6 Å². The SMILES string of the molecule is Cc1ccc(O)c(CN(C)Cc2ccccn2)c1.Cc1ccc(O)c(CN(C)Cc2ccccn2)c1.[Fe].[O-][Cl+3]([O-])([O-])[O-]. The van der Waals surface area contributed by atoms with Crippen molar-refractivity contribution < 1.29 is 56.2 Å². The predicted octanol–water partition coefficient (Wildman–Crippen LogP) is 0.697. The normalized spacial score (nSPS) is 10.7. The van der Waals surface area contributed by atoms with Crippen LogP contribution in [0, 0.1) is 24.1 Å². The van der Waals surface area contributed by atoms with Crippen LogP contribution in [0.25, 0.3) is 0 Å². The van der Waals surface area contributed by atoms with E-state index in [9.17, 15) is 10.2 Å². The van der Waals surface area contributed by atoms with Gasteiger partial charge in [-0.3, -0.25) is 19.8 Å². The molecule has 0 amide bonds. The van der Waals surface area contributed by atoms with E-state index < -0.39 is 10.2 Å². The minimum Gasteiger partial charge on any atom is -0.508 e.